The molecule has 0 atom stereocenters. The number of halogens is 1. The quantitative estimate of drug-likeness (QED) is 0.422. The zero-order chi connectivity index (χ0) is 21.1. The number of nitriles is 1. The fourth-order valence-corrected chi connectivity index (χ4v) is 4.54. The largest absolute Gasteiger partial charge is 0.342 e. The van der Waals surface area contributed by atoms with Crippen molar-refractivity contribution in [1.29, 1.82) is 5.26 Å². The van der Waals surface area contributed by atoms with E-state index >= 15 is 0 Å². The number of fused-ring (bicyclic) bond motifs is 1. The van der Waals surface area contributed by atoms with Gasteiger partial charge >= 0.3 is 0 Å². The Bertz CT molecular complexity index is 1400. The first-order chi connectivity index (χ1) is 14.5. The van der Waals surface area contributed by atoms with E-state index in [4.69, 9.17) is 0 Å². The highest BCUT2D eigenvalue weighted by Gasteiger charge is 2.21. The first kappa shape index (κ1) is 19.6. The number of allylic oxidation sites excluding steroid dienone is 1. The number of rotatable bonds is 5. The van der Waals surface area contributed by atoms with Crippen molar-refractivity contribution in [3.05, 3.63) is 107 Å². The Kier molecular flexibility index (Phi) is 5.21. The van der Waals surface area contributed by atoms with E-state index in [1.54, 1.807) is 42.6 Å². The molecule has 0 amide bonds. The van der Waals surface area contributed by atoms with Crippen molar-refractivity contribution in [2.75, 3.05) is 0 Å². The molecule has 0 aliphatic rings. The predicted octanol–water partition coefficient (Wildman–Crippen LogP) is 5.17. The zero-order valence-electron chi connectivity index (χ0n) is 15.9. The number of benzene rings is 3. The van der Waals surface area contributed by atoms with E-state index < -0.39 is 9.84 Å². The standard InChI is InChI=1S/C24H17FN2O2S/c25-23-12-6-4-8-18(23)16-27-17-19(22-11-5-7-13-24(22)27)14-21(15-26)30(28,29)20-9-2-1-3-10-20/h1-14,17H,16H2/b21-14+. The summed E-state index contributed by atoms with van der Waals surface area (Å²) >= 11 is 0. The third kappa shape index (κ3) is 3.63. The van der Waals surface area contributed by atoms with Gasteiger partial charge in [0.1, 0.15) is 16.8 Å². The highest BCUT2D eigenvalue weighted by Crippen LogP contribution is 2.27. The van der Waals surface area contributed by atoms with Gasteiger partial charge in [0, 0.05) is 28.2 Å². The summed E-state index contributed by atoms with van der Waals surface area (Å²) in [6.07, 6.45) is 3.12. The van der Waals surface area contributed by atoms with E-state index in [1.807, 2.05) is 34.9 Å². The second kappa shape index (κ2) is 7.97. The lowest BCUT2D eigenvalue weighted by Crippen LogP contribution is -2.03. The van der Waals surface area contributed by atoms with Crippen molar-refractivity contribution in [3.8, 4) is 6.07 Å². The first-order valence-electron chi connectivity index (χ1n) is 9.24. The molecule has 0 spiro atoms. The molecule has 4 rings (SSSR count). The number of hydrogen-bond donors (Lipinski definition) is 0. The van der Waals surface area contributed by atoms with Crippen molar-refractivity contribution >= 4 is 26.8 Å². The highest BCUT2D eigenvalue weighted by molar-refractivity contribution is 7.95. The van der Waals surface area contributed by atoms with Gasteiger partial charge in [-0.3, -0.25) is 0 Å². The summed E-state index contributed by atoms with van der Waals surface area (Å²) in [6.45, 7) is 0.286. The van der Waals surface area contributed by atoms with Gasteiger partial charge in [0.2, 0.25) is 9.84 Å². The Labute approximate surface area is 174 Å². The fourth-order valence-electron chi connectivity index (χ4n) is 3.37. The molecule has 1 heterocycles. The molecule has 4 aromatic rings. The second-order valence-electron chi connectivity index (χ2n) is 6.76. The van der Waals surface area contributed by atoms with Crippen LogP contribution < -0.4 is 0 Å². The number of para-hydroxylation sites is 1. The SMILES string of the molecule is N#C/C(=C\c1cn(Cc2ccccc2F)c2ccccc12)S(=O)(=O)c1ccccc1. The fraction of sp³-hybridized carbons (Fsp3) is 0.0417. The number of sulfone groups is 1. The molecule has 0 aliphatic heterocycles. The minimum atomic E-state index is -3.94. The Morgan fingerprint density at radius 2 is 1.63 bits per heavy atom. The first-order valence-corrected chi connectivity index (χ1v) is 10.7. The van der Waals surface area contributed by atoms with Crippen LogP contribution in [0.4, 0.5) is 4.39 Å². The number of aromatic nitrogens is 1. The average Bonchev–Trinajstić information content (AvgIpc) is 3.11. The highest BCUT2D eigenvalue weighted by atomic mass is 32.2. The van der Waals surface area contributed by atoms with Crippen LogP contribution in [0.5, 0.6) is 0 Å². The van der Waals surface area contributed by atoms with Gasteiger partial charge in [-0.2, -0.15) is 5.26 Å². The molecule has 0 saturated carbocycles. The van der Waals surface area contributed by atoms with E-state index in [2.05, 4.69) is 0 Å². The van der Waals surface area contributed by atoms with Gasteiger partial charge in [0.15, 0.2) is 0 Å². The minimum absolute atomic E-state index is 0.0629. The summed E-state index contributed by atoms with van der Waals surface area (Å²) in [7, 11) is -3.94. The van der Waals surface area contributed by atoms with Crippen LogP contribution in [0.15, 0.2) is 94.9 Å². The third-order valence-electron chi connectivity index (χ3n) is 4.86. The maximum Gasteiger partial charge on any atom is 0.216 e. The lowest BCUT2D eigenvalue weighted by atomic mass is 10.1. The Morgan fingerprint density at radius 3 is 2.37 bits per heavy atom. The molecular formula is C24H17FN2O2S. The van der Waals surface area contributed by atoms with Gasteiger partial charge in [-0.1, -0.05) is 54.6 Å². The summed E-state index contributed by atoms with van der Waals surface area (Å²) in [5.74, 6) is -0.309. The number of hydrogen-bond acceptors (Lipinski definition) is 3. The smallest absolute Gasteiger partial charge is 0.216 e. The molecule has 4 nitrogen and oxygen atoms in total. The summed E-state index contributed by atoms with van der Waals surface area (Å²) < 4.78 is 41.8. The molecule has 0 aliphatic carbocycles. The van der Waals surface area contributed by atoms with Gasteiger partial charge in [-0.05, 0) is 30.3 Å². The van der Waals surface area contributed by atoms with Gasteiger partial charge in [-0.15, -0.1) is 0 Å². The summed E-state index contributed by atoms with van der Waals surface area (Å²) in [5.41, 5.74) is 1.92. The van der Waals surface area contributed by atoms with Crippen LogP contribution in [-0.4, -0.2) is 13.0 Å². The van der Waals surface area contributed by atoms with Crippen LogP contribution in [-0.2, 0) is 16.4 Å². The third-order valence-corrected chi connectivity index (χ3v) is 6.54. The van der Waals surface area contributed by atoms with Crippen LogP contribution in [0.25, 0.3) is 17.0 Å². The molecule has 30 heavy (non-hydrogen) atoms. The monoisotopic (exact) mass is 416 g/mol. The van der Waals surface area contributed by atoms with E-state index in [-0.39, 0.29) is 22.2 Å². The van der Waals surface area contributed by atoms with Gasteiger partial charge < -0.3 is 4.57 Å². The molecule has 0 fully saturated rings. The Morgan fingerprint density at radius 1 is 0.967 bits per heavy atom. The Balaban J connectivity index is 1.83. The van der Waals surface area contributed by atoms with E-state index in [1.165, 1.54) is 24.3 Å². The lowest BCUT2D eigenvalue weighted by Gasteiger charge is -2.06. The van der Waals surface area contributed by atoms with Crippen LogP contribution in [0.2, 0.25) is 0 Å². The molecular weight excluding hydrogens is 399 g/mol. The van der Waals surface area contributed by atoms with Gasteiger partial charge in [-0.25, -0.2) is 12.8 Å². The van der Waals surface area contributed by atoms with Crippen LogP contribution >= 0.6 is 0 Å². The van der Waals surface area contributed by atoms with Crippen LogP contribution in [0, 0.1) is 17.1 Å². The van der Waals surface area contributed by atoms with Gasteiger partial charge in [0.05, 0.1) is 11.4 Å². The topological polar surface area (TPSA) is 62.9 Å². The van der Waals surface area contributed by atoms with Crippen molar-refractivity contribution in [1.82, 2.24) is 4.57 Å². The Hall–Kier alpha value is -3.69. The summed E-state index contributed by atoms with van der Waals surface area (Å²) in [6, 6.07) is 23.6. The van der Waals surface area contributed by atoms with Crippen LogP contribution in [0.3, 0.4) is 0 Å². The zero-order valence-corrected chi connectivity index (χ0v) is 16.7. The van der Waals surface area contributed by atoms with Crippen molar-refractivity contribution in [2.24, 2.45) is 0 Å². The van der Waals surface area contributed by atoms with Crippen molar-refractivity contribution in [2.45, 2.75) is 11.4 Å². The molecule has 0 radical (unpaired) electrons. The van der Waals surface area contributed by atoms with Crippen LogP contribution in [0.1, 0.15) is 11.1 Å². The molecule has 1 aromatic heterocycles. The molecule has 6 heteroatoms. The van der Waals surface area contributed by atoms with Gasteiger partial charge in [0.25, 0.3) is 0 Å². The molecule has 0 N–H and O–H groups in total. The van der Waals surface area contributed by atoms with E-state index in [0.717, 1.165) is 10.9 Å². The van der Waals surface area contributed by atoms with E-state index in [0.29, 0.717) is 11.1 Å². The molecule has 0 saturated heterocycles. The minimum Gasteiger partial charge on any atom is -0.342 e. The van der Waals surface area contributed by atoms with Crippen molar-refractivity contribution in [3.63, 3.8) is 0 Å². The number of nitrogens with zero attached hydrogens (tertiary/aromatic N) is 2. The molecule has 3 aromatic carbocycles. The van der Waals surface area contributed by atoms with Crippen molar-refractivity contribution < 1.29 is 12.8 Å². The molecule has 148 valence electrons. The lowest BCUT2D eigenvalue weighted by molar-refractivity contribution is 0.602. The maximum atomic E-state index is 14.1. The average molecular weight is 416 g/mol. The molecule has 0 bridgehead atoms. The summed E-state index contributed by atoms with van der Waals surface area (Å²) in [5, 5.41) is 10.4. The van der Waals surface area contributed by atoms with E-state index in [9.17, 15) is 18.1 Å². The second-order valence-corrected chi connectivity index (χ2v) is 8.68. The summed E-state index contributed by atoms with van der Waals surface area (Å²) in [4.78, 5) is -0.282. The molecule has 0 unspecified atom stereocenters. The normalized spacial score (nSPS) is 12.1. The maximum absolute atomic E-state index is 14.1. The predicted molar refractivity (Wildman–Crippen MR) is 115 cm³/mol.